The number of carboxylic acids is 1. The normalized spacial score (nSPS) is 16.8. The van der Waals surface area contributed by atoms with E-state index in [2.05, 4.69) is 15.1 Å². The number of hydrogen-bond acceptors (Lipinski definition) is 4. The second-order valence-corrected chi connectivity index (χ2v) is 4.63. The molecule has 0 saturated carbocycles. The Hall–Kier alpha value is -1.92. The molecular weight excluding hydrogens is 246 g/mol. The van der Waals surface area contributed by atoms with Gasteiger partial charge in [-0.3, -0.25) is 10.00 Å². The Labute approximate surface area is 110 Å². The molecule has 1 aromatic heterocycles. The minimum Gasteiger partial charge on any atom is -0.478 e. The number of carbonyl (C=O) groups is 1. The summed E-state index contributed by atoms with van der Waals surface area (Å²) in [7, 11) is 0. The second-order valence-electron chi connectivity index (χ2n) is 4.63. The molecule has 100 valence electrons. The van der Waals surface area contributed by atoms with Crippen LogP contribution in [-0.2, 0) is 11.3 Å². The number of hydrogen-bond donors (Lipinski definition) is 2. The number of aromatic nitrogens is 2. The summed E-state index contributed by atoms with van der Waals surface area (Å²) < 4.78 is 5.32. The van der Waals surface area contributed by atoms with Crippen molar-refractivity contribution in [2.45, 2.75) is 6.54 Å². The average molecular weight is 261 g/mol. The smallest absolute Gasteiger partial charge is 0.335 e. The van der Waals surface area contributed by atoms with Crippen molar-refractivity contribution < 1.29 is 14.6 Å². The van der Waals surface area contributed by atoms with Gasteiger partial charge in [-0.15, -0.1) is 0 Å². The molecule has 1 aliphatic rings. The molecule has 1 aliphatic heterocycles. The number of aromatic amines is 1. The zero-order valence-corrected chi connectivity index (χ0v) is 10.4. The zero-order valence-electron chi connectivity index (χ0n) is 10.4. The Morgan fingerprint density at radius 1 is 1.42 bits per heavy atom. The molecule has 1 saturated heterocycles. The van der Waals surface area contributed by atoms with Crippen LogP contribution in [0.4, 0.5) is 0 Å². The van der Waals surface area contributed by atoms with Crippen molar-refractivity contribution in [2.75, 3.05) is 26.3 Å². The molecule has 19 heavy (non-hydrogen) atoms. The van der Waals surface area contributed by atoms with Gasteiger partial charge in [-0.1, -0.05) is 6.07 Å². The molecule has 0 bridgehead atoms. The molecule has 0 amide bonds. The fraction of sp³-hybridized carbons (Fsp3) is 0.385. The van der Waals surface area contributed by atoms with E-state index in [0.717, 1.165) is 43.9 Å². The topological polar surface area (TPSA) is 78.5 Å². The van der Waals surface area contributed by atoms with Crippen LogP contribution in [-0.4, -0.2) is 52.5 Å². The summed E-state index contributed by atoms with van der Waals surface area (Å²) in [6, 6.07) is 5.03. The molecule has 6 heteroatoms. The molecule has 1 fully saturated rings. The average Bonchev–Trinajstić information content (AvgIpc) is 2.82. The van der Waals surface area contributed by atoms with Gasteiger partial charge in [0, 0.05) is 25.0 Å². The van der Waals surface area contributed by atoms with Crippen LogP contribution in [0.2, 0.25) is 0 Å². The quantitative estimate of drug-likeness (QED) is 0.864. The maximum Gasteiger partial charge on any atom is 0.335 e. The van der Waals surface area contributed by atoms with Gasteiger partial charge in [0.15, 0.2) is 0 Å². The number of benzene rings is 1. The van der Waals surface area contributed by atoms with Gasteiger partial charge >= 0.3 is 5.97 Å². The first-order chi connectivity index (χ1) is 9.24. The number of H-pyrrole nitrogens is 1. The third kappa shape index (κ3) is 2.45. The standard InChI is InChI=1S/C13H15N3O3/c17-13(18)9-1-2-10-11(7-9)14-15-12(10)8-16-3-5-19-6-4-16/h1-2,7H,3-6,8H2,(H,14,15)(H,17,18). The number of nitrogens with zero attached hydrogens (tertiary/aromatic N) is 2. The van der Waals surface area contributed by atoms with Gasteiger partial charge < -0.3 is 9.84 Å². The van der Waals surface area contributed by atoms with Crippen molar-refractivity contribution in [1.82, 2.24) is 15.1 Å². The lowest BCUT2D eigenvalue weighted by Gasteiger charge is -2.25. The van der Waals surface area contributed by atoms with E-state index in [1.807, 2.05) is 6.07 Å². The van der Waals surface area contributed by atoms with Gasteiger partial charge in [0.05, 0.1) is 30.0 Å². The summed E-state index contributed by atoms with van der Waals surface area (Å²) in [5, 5.41) is 17.1. The van der Waals surface area contributed by atoms with Crippen LogP contribution in [0.5, 0.6) is 0 Å². The van der Waals surface area contributed by atoms with Crippen LogP contribution in [0.25, 0.3) is 10.9 Å². The van der Waals surface area contributed by atoms with Gasteiger partial charge in [-0.25, -0.2) is 4.79 Å². The lowest BCUT2D eigenvalue weighted by Crippen LogP contribution is -2.35. The predicted molar refractivity (Wildman–Crippen MR) is 69.1 cm³/mol. The SMILES string of the molecule is O=C(O)c1ccc2c(CN3CCOCC3)[nH]nc2c1. The summed E-state index contributed by atoms with van der Waals surface area (Å²) in [5.41, 5.74) is 1.98. The van der Waals surface area contributed by atoms with E-state index in [-0.39, 0.29) is 5.56 Å². The Kier molecular flexibility index (Phi) is 3.18. The first-order valence-electron chi connectivity index (χ1n) is 6.24. The van der Waals surface area contributed by atoms with Crippen molar-refractivity contribution in [3.8, 4) is 0 Å². The molecule has 0 unspecified atom stereocenters. The van der Waals surface area contributed by atoms with Crippen molar-refractivity contribution >= 4 is 16.9 Å². The minimum atomic E-state index is -0.931. The van der Waals surface area contributed by atoms with Crippen LogP contribution in [0.3, 0.4) is 0 Å². The van der Waals surface area contributed by atoms with E-state index in [9.17, 15) is 4.79 Å². The molecule has 0 radical (unpaired) electrons. The first-order valence-corrected chi connectivity index (χ1v) is 6.24. The summed E-state index contributed by atoms with van der Waals surface area (Å²) in [4.78, 5) is 13.2. The maximum absolute atomic E-state index is 10.9. The molecule has 1 aromatic carbocycles. The van der Waals surface area contributed by atoms with Gasteiger partial charge in [0.2, 0.25) is 0 Å². The van der Waals surface area contributed by atoms with Crippen LogP contribution in [0.15, 0.2) is 18.2 Å². The number of morpholine rings is 1. The lowest BCUT2D eigenvalue weighted by molar-refractivity contribution is 0.0338. The molecule has 6 nitrogen and oxygen atoms in total. The van der Waals surface area contributed by atoms with Crippen LogP contribution in [0, 0.1) is 0 Å². The second kappa shape index (κ2) is 4.99. The number of carboxylic acid groups (broad SMARTS) is 1. The Morgan fingerprint density at radius 2 is 2.21 bits per heavy atom. The highest BCUT2D eigenvalue weighted by atomic mass is 16.5. The maximum atomic E-state index is 10.9. The summed E-state index contributed by atoms with van der Waals surface area (Å²) in [5.74, 6) is -0.931. The van der Waals surface area contributed by atoms with Gasteiger partial charge in [-0.2, -0.15) is 5.10 Å². The lowest BCUT2D eigenvalue weighted by atomic mass is 10.1. The Bertz CT molecular complexity index is 602. The number of rotatable bonds is 3. The van der Waals surface area contributed by atoms with Crippen molar-refractivity contribution in [1.29, 1.82) is 0 Å². The molecule has 0 atom stereocenters. The molecule has 0 aliphatic carbocycles. The largest absolute Gasteiger partial charge is 0.478 e. The predicted octanol–water partition coefficient (Wildman–Crippen LogP) is 1.09. The van der Waals surface area contributed by atoms with Crippen molar-refractivity contribution in [3.63, 3.8) is 0 Å². The molecule has 0 spiro atoms. The third-order valence-corrected chi connectivity index (χ3v) is 3.37. The fourth-order valence-electron chi connectivity index (χ4n) is 2.30. The van der Waals surface area contributed by atoms with E-state index in [4.69, 9.17) is 9.84 Å². The minimum absolute atomic E-state index is 0.261. The van der Waals surface area contributed by atoms with Crippen LogP contribution >= 0.6 is 0 Å². The van der Waals surface area contributed by atoms with Crippen molar-refractivity contribution in [3.05, 3.63) is 29.5 Å². The van der Waals surface area contributed by atoms with E-state index < -0.39 is 5.97 Å². The van der Waals surface area contributed by atoms with E-state index in [1.165, 1.54) is 0 Å². The third-order valence-electron chi connectivity index (χ3n) is 3.37. The molecule has 3 rings (SSSR count). The molecule has 2 heterocycles. The molecule has 2 N–H and O–H groups in total. The number of ether oxygens (including phenoxy) is 1. The zero-order chi connectivity index (χ0) is 13.2. The van der Waals surface area contributed by atoms with E-state index >= 15 is 0 Å². The van der Waals surface area contributed by atoms with E-state index in [1.54, 1.807) is 12.1 Å². The van der Waals surface area contributed by atoms with E-state index in [0.29, 0.717) is 5.52 Å². The van der Waals surface area contributed by atoms with Gasteiger partial charge in [-0.05, 0) is 12.1 Å². The number of nitrogens with one attached hydrogen (secondary N) is 1. The van der Waals surface area contributed by atoms with Gasteiger partial charge in [0.1, 0.15) is 0 Å². The molecule has 2 aromatic rings. The summed E-state index contributed by atoms with van der Waals surface area (Å²) in [6.07, 6.45) is 0. The molecular formula is C13H15N3O3. The summed E-state index contributed by atoms with van der Waals surface area (Å²) in [6.45, 7) is 4.12. The van der Waals surface area contributed by atoms with Crippen LogP contribution in [0.1, 0.15) is 16.1 Å². The van der Waals surface area contributed by atoms with Gasteiger partial charge in [0.25, 0.3) is 0 Å². The Morgan fingerprint density at radius 3 is 2.95 bits per heavy atom. The monoisotopic (exact) mass is 261 g/mol. The highest BCUT2D eigenvalue weighted by Crippen LogP contribution is 2.19. The Balaban J connectivity index is 1.86. The van der Waals surface area contributed by atoms with Crippen LogP contribution < -0.4 is 0 Å². The first kappa shape index (κ1) is 12.1. The number of fused-ring (bicyclic) bond motifs is 1. The van der Waals surface area contributed by atoms with Crippen molar-refractivity contribution in [2.24, 2.45) is 0 Å². The highest BCUT2D eigenvalue weighted by Gasteiger charge is 2.14. The summed E-state index contributed by atoms with van der Waals surface area (Å²) >= 11 is 0. The highest BCUT2D eigenvalue weighted by molar-refractivity contribution is 5.93. The fourth-order valence-corrected chi connectivity index (χ4v) is 2.30. The number of aromatic carboxylic acids is 1.